The Balaban J connectivity index is 1.91. The van der Waals surface area contributed by atoms with Crippen molar-refractivity contribution in [1.82, 2.24) is 0 Å². The molecule has 6 nitrogen and oxygen atoms in total. The highest BCUT2D eigenvalue weighted by Gasteiger charge is 2.04. The molecule has 0 fully saturated rings. The van der Waals surface area contributed by atoms with E-state index < -0.39 is 0 Å². The van der Waals surface area contributed by atoms with E-state index in [1.165, 1.54) is 102 Å². The lowest BCUT2D eigenvalue weighted by atomic mass is 10.0. The van der Waals surface area contributed by atoms with Crippen LogP contribution in [-0.4, -0.2) is 25.8 Å². The monoisotopic (exact) mass is 558 g/mol. The van der Waals surface area contributed by atoms with E-state index in [0.29, 0.717) is 25.7 Å². The molecule has 1 rings (SSSR count). The van der Waals surface area contributed by atoms with Gasteiger partial charge >= 0.3 is 5.97 Å². The van der Waals surface area contributed by atoms with Gasteiger partial charge in [-0.3, -0.25) is 0 Å². The smallest absolute Gasteiger partial charge is 0.330 e. The van der Waals surface area contributed by atoms with Crippen molar-refractivity contribution in [2.24, 2.45) is 16.3 Å². The standard InChI is InChI=1S/C34H58N2O4/c1-4-6-7-8-9-10-11-12-13-14-15-16-17-18-19-20-29-40-36-35-32-23-25-33(26-24-32)38-30-27-31(3)22-21-28-39-34(37)5-2/h5,23-26,31H,2,4,6-22,27-30H2,1,3H3. The number of benzene rings is 1. The van der Waals surface area contributed by atoms with Gasteiger partial charge in [-0.25, -0.2) is 4.79 Å². The number of rotatable bonds is 28. The zero-order valence-electron chi connectivity index (χ0n) is 25.8. The molecule has 0 aliphatic carbocycles. The second-order valence-corrected chi connectivity index (χ2v) is 11.1. The van der Waals surface area contributed by atoms with Crippen LogP contribution in [0.4, 0.5) is 5.69 Å². The summed E-state index contributed by atoms with van der Waals surface area (Å²) in [5, 5.41) is 8.00. The van der Waals surface area contributed by atoms with Crippen LogP contribution >= 0.6 is 0 Å². The van der Waals surface area contributed by atoms with Crippen LogP contribution in [0.25, 0.3) is 0 Å². The maximum absolute atomic E-state index is 11.0. The first-order chi connectivity index (χ1) is 19.7. The molecule has 1 atom stereocenters. The van der Waals surface area contributed by atoms with E-state index >= 15 is 0 Å². The maximum Gasteiger partial charge on any atom is 0.330 e. The predicted molar refractivity (Wildman–Crippen MR) is 166 cm³/mol. The van der Waals surface area contributed by atoms with Crippen LogP contribution in [0.5, 0.6) is 5.75 Å². The number of ether oxygens (including phenoxy) is 2. The number of hydrogen-bond donors (Lipinski definition) is 0. The zero-order chi connectivity index (χ0) is 28.9. The molecular weight excluding hydrogens is 500 g/mol. The van der Waals surface area contributed by atoms with E-state index in [1.54, 1.807) is 0 Å². The van der Waals surface area contributed by atoms with Crippen molar-refractivity contribution in [3.05, 3.63) is 36.9 Å². The summed E-state index contributed by atoms with van der Waals surface area (Å²) < 4.78 is 10.8. The zero-order valence-corrected chi connectivity index (χ0v) is 25.8. The van der Waals surface area contributed by atoms with Crippen LogP contribution in [0.2, 0.25) is 0 Å². The Labute approximate surface area is 245 Å². The quantitative estimate of drug-likeness (QED) is 0.0337. The van der Waals surface area contributed by atoms with Crippen LogP contribution in [0, 0.1) is 5.92 Å². The molecule has 0 aromatic heterocycles. The first kappa shape index (κ1) is 35.7. The third kappa shape index (κ3) is 22.4. The van der Waals surface area contributed by atoms with Gasteiger partial charge in [0.15, 0.2) is 0 Å². The fraction of sp³-hybridized carbons (Fsp3) is 0.735. The SMILES string of the molecule is C=CC(=O)OCCCC(C)CCOc1ccc(N=NOCCCCCCCCCCCCCCCCCC)cc1. The molecular formula is C34H58N2O4. The molecule has 40 heavy (non-hydrogen) atoms. The average molecular weight is 559 g/mol. The summed E-state index contributed by atoms with van der Waals surface area (Å²) in [4.78, 5) is 16.4. The lowest BCUT2D eigenvalue weighted by molar-refractivity contribution is -0.137. The fourth-order valence-electron chi connectivity index (χ4n) is 4.63. The highest BCUT2D eigenvalue weighted by Crippen LogP contribution is 2.20. The minimum atomic E-state index is -0.360. The Morgan fingerprint density at radius 3 is 1.85 bits per heavy atom. The average Bonchev–Trinajstić information content (AvgIpc) is 2.97. The molecule has 0 radical (unpaired) electrons. The Hall–Kier alpha value is -2.37. The van der Waals surface area contributed by atoms with Crippen molar-refractivity contribution >= 4 is 11.7 Å². The minimum absolute atomic E-state index is 0.360. The molecule has 228 valence electrons. The van der Waals surface area contributed by atoms with Gasteiger partial charge in [-0.05, 0) is 62.3 Å². The molecule has 6 heteroatoms. The Bertz CT molecular complexity index is 751. The number of carbonyl (C=O) groups is 1. The topological polar surface area (TPSA) is 69.5 Å². The molecule has 0 aliphatic heterocycles. The van der Waals surface area contributed by atoms with Crippen LogP contribution in [-0.2, 0) is 14.4 Å². The number of nitrogens with zero attached hydrogens (tertiary/aromatic N) is 2. The van der Waals surface area contributed by atoms with Crippen LogP contribution < -0.4 is 4.74 Å². The van der Waals surface area contributed by atoms with Crippen molar-refractivity contribution in [3.8, 4) is 5.75 Å². The summed E-state index contributed by atoms with van der Waals surface area (Å²) in [6, 6.07) is 7.58. The molecule has 0 N–H and O–H groups in total. The van der Waals surface area contributed by atoms with E-state index in [-0.39, 0.29) is 5.97 Å². The molecule has 0 heterocycles. The molecule has 0 saturated heterocycles. The lowest BCUT2D eigenvalue weighted by Crippen LogP contribution is -2.07. The summed E-state index contributed by atoms with van der Waals surface area (Å²) in [5.41, 5.74) is 0.752. The lowest BCUT2D eigenvalue weighted by Gasteiger charge is -2.12. The predicted octanol–water partition coefficient (Wildman–Crippen LogP) is 10.9. The van der Waals surface area contributed by atoms with Gasteiger partial charge in [-0.2, -0.15) is 0 Å². The largest absolute Gasteiger partial charge is 0.494 e. The highest BCUT2D eigenvalue weighted by atomic mass is 16.6. The van der Waals surface area contributed by atoms with Gasteiger partial charge in [0.05, 0.1) is 18.9 Å². The Kier molecular flexibility index (Phi) is 23.9. The van der Waals surface area contributed by atoms with Crippen molar-refractivity contribution in [2.45, 2.75) is 136 Å². The summed E-state index contributed by atoms with van der Waals surface area (Å²) in [7, 11) is 0. The van der Waals surface area contributed by atoms with E-state index in [1.807, 2.05) is 24.3 Å². The summed E-state index contributed by atoms with van der Waals surface area (Å²) in [6.45, 7) is 9.57. The fourth-order valence-corrected chi connectivity index (χ4v) is 4.63. The van der Waals surface area contributed by atoms with Gasteiger partial charge in [-0.15, -0.1) is 5.11 Å². The second-order valence-electron chi connectivity index (χ2n) is 11.1. The van der Waals surface area contributed by atoms with Gasteiger partial charge < -0.3 is 14.3 Å². The van der Waals surface area contributed by atoms with E-state index in [9.17, 15) is 4.79 Å². The van der Waals surface area contributed by atoms with Crippen molar-refractivity contribution < 1.29 is 19.1 Å². The van der Waals surface area contributed by atoms with Gasteiger partial charge in [0.25, 0.3) is 0 Å². The number of unbranched alkanes of at least 4 members (excludes halogenated alkanes) is 15. The third-order valence-corrected chi connectivity index (χ3v) is 7.27. The molecule has 0 amide bonds. The van der Waals surface area contributed by atoms with E-state index in [2.05, 4.69) is 30.8 Å². The molecule has 0 bridgehead atoms. The van der Waals surface area contributed by atoms with Crippen LogP contribution in [0.3, 0.4) is 0 Å². The highest BCUT2D eigenvalue weighted by molar-refractivity contribution is 5.81. The summed E-state index contributed by atoms with van der Waals surface area (Å²) in [6.07, 6.45) is 25.8. The van der Waals surface area contributed by atoms with Gasteiger partial charge in [0.2, 0.25) is 0 Å². The van der Waals surface area contributed by atoms with Gasteiger partial charge in [0, 0.05) is 11.4 Å². The number of carbonyl (C=O) groups excluding carboxylic acids is 1. The van der Waals surface area contributed by atoms with Crippen molar-refractivity contribution in [1.29, 1.82) is 0 Å². The number of hydrogen-bond acceptors (Lipinski definition) is 6. The molecule has 1 aromatic carbocycles. The molecule has 0 aliphatic rings. The normalized spacial score (nSPS) is 11.9. The molecule has 1 aromatic rings. The van der Waals surface area contributed by atoms with Crippen molar-refractivity contribution in [3.63, 3.8) is 0 Å². The second kappa shape index (κ2) is 26.8. The maximum atomic E-state index is 11.0. The number of esters is 1. The van der Waals surface area contributed by atoms with Gasteiger partial charge in [-0.1, -0.05) is 110 Å². The summed E-state index contributed by atoms with van der Waals surface area (Å²) in [5.74, 6) is 0.961. The third-order valence-electron chi connectivity index (χ3n) is 7.27. The van der Waals surface area contributed by atoms with Crippen LogP contribution in [0.15, 0.2) is 47.3 Å². The first-order valence-electron chi connectivity index (χ1n) is 16.2. The molecule has 0 saturated carbocycles. The van der Waals surface area contributed by atoms with Crippen LogP contribution in [0.1, 0.15) is 136 Å². The van der Waals surface area contributed by atoms with E-state index in [0.717, 1.165) is 37.1 Å². The Morgan fingerprint density at radius 2 is 1.30 bits per heavy atom. The minimum Gasteiger partial charge on any atom is -0.494 e. The first-order valence-corrected chi connectivity index (χ1v) is 16.2. The van der Waals surface area contributed by atoms with Gasteiger partial charge in [0.1, 0.15) is 12.4 Å². The summed E-state index contributed by atoms with van der Waals surface area (Å²) >= 11 is 0. The molecule has 0 spiro atoms. The molecule has 1 unspecified atom stereocenters. The Morgan fingerprint density at radius 1 is 0.750 bits per heavy atom. The van der Waals surface area contributed by atoms with Crippen molar-refractivity contribution in [2.75, 3.05) is 19.8 Å². The van der Waals surface area contributed by atoms with E-state index in [4.69, 9.17) is 14.3 Å².